The van der Waals surface area contributed by atoms with Crippen LogP contribution in [0.5, 0.6) is 5.88 Å². The molecule has 1 aliphatic heterocycles. The zero-order chi connectivity index (χ0) is 24.4. The summed E-state index contributed by atoms with van der Waals surface area (Å²) in [5, 5.41) is 13.4. The van der Waals surface area contributed by atoms with E-state index in [1.54, 1.807) is 18.1 Å². The van der Waals surface area contributed by atoms with Crippen LogP contribution < -0.4 is 10.1 Å². The predicted octanol–water partition coefficient (Wildman–Crippen LogP) is -0.711. The van der Waals surface area contributed by atoms with Crippen molar-refractivity contribution < 1.29 is 19.4 Å². The smallest absolute Gasteiger partial charge is 0.242 e. The Labute approximate surface area is 203 Å². The number of ether oxygens (including phenoxy) is 1. The second-order valence-electron chi connectivity index (χ2n) is 7.20. The van der Waals surface area contributed by atoms with Crippen molar-refractivity contribution in [2.45, 2.75) is 10.5 Å². The number of fused-ring (bicyclic) bond motifs is 1. The molecule has 0 saturated carbocycles. The van der Waals surface area contributed by atoms with Crippen LogP contribution >= 0.6 is 11.9 Å². The molecule has 0 spiro atoms. The maximum Gasteiger partial charge on any atom is 0.242 e. The molecule has 8 radical (unpaired) electrons. The fourth-order valence-electron chi connectivity index (χ4n) is 2.83. The van der Waals surface area contributed by atoms with Crippen molar-refractivity contribution in [3.63, 3.8) is 0 Å². The van der Waals surface area contributed by atoms with Gasteiger partial charge in [-0.05, 0) is 43.3 Å². The lowest BCUT2D eigenvalue weighted by Gasteiger charge is -2.31. The van der Waals surface area contributed by atoms with Gasteiger partial charge in [-0.25, -0.2) is 9.29 Å². The number of aldehydes is 1. The number of amides is 1. The quantitative estimate of drug-likeness (QED) is 0.185. The van der Waals surface area contributed by atoms with Crippen molar-refractivity contribution in [3.8, 4) is 5.88 Å². The standard InChI is InChI=1S/C15H17B2N3O2S.C5H5B2NO2/c1-19-7-9-20(10-8-19)23-13-4-2-3-12-11(13)5-6-18-14(12)22-15(16,17)21;6-4(7)3-5(10)8-1-2-9/h2-6,21H,7-10H2,1H3;2-3H,1H2,(H,8,10). The Morgan fingerprint density at radius 2 is 1.94 bits per heavy atom. The summed E-state index contributed by atoms with van der Waals surface area (Å²) in [4.78, 5) is 27.7. The lowest BCUT2D eigenvalue weighted by molar-refractivity contribution is -0.118. The van der Waals surface area contributed by atoms with E-state index in [2.05, 4.69) is 32.6 Å². The lowest BCUT2D eigenvalue weighted by atomic mass is 9.77. The van der Waals surface area contributed by atoms with Crippen LogP contribution in [0.3, 0.4) is 0 Å². The van der Waals surface area contributed by atoms with Gasteiger partial charge in [0.1, 0.15) is 11.9 Å². The predicted molar refractivity (Wildman–Crippen MR) is 132 cm³/mol. The highest BCUT2D eigenvalue weighted by atomic mass is 32.2. The van der Waals surface area contributed by atoms with E-state index in [0.717, 1.165) is 47.9 Å². The van der Waals surface area contributed by atoms with Gasteiger partial charge in [-0.3, -0.25) is 4.79 Å². The molecule has 33 heavy (non-hydrogen) atoms. The maximum absolute atomic E-state index is 10.5. The molecule has 0 bridgehead atoms. The molecule has 2 aromatic rings. The van der Waals surface area contributed by atoms with E-state index in [1.807, 2.05) is 18.2 Å². The minimum absolute atomic E-state index is 0.0252. The van der Waals surface area contributed by atoms with Crippen LogP contribution in [-0.4, -0.2) is 108 Å². The number of pyridine rings is 1. The van der Waals surface area contributed by atoms with Gasteiger partial charge < -0.3 is 24.9 Å². The SMILES string of the molecule is [B]C([B])(O)Oc1nccc2c(SN3CCN(C)CC3)cccc12.[B]C([B])=CC(=O)NCC=O. The molecule has 8 nitrogen and oxygen atoms in total. The highest BCUT2D eigenvalue weighted by Gasteiger charge is 2.19. The number of carbonyl (C=O) groups is 2. The van der Waals surface area contributed by atoms with E-state index >= 15 is 0 Å². The van der Waals surface area contributed by atoms with Crippen molar-refractivity contribution in [2.24, 2.45) is 0 Å². The molecule has 1 fully saturated rings. The molecule has 1 amide bonds. The van der Waals surface area contributed by atoms with Gasteiger partial charge in [0, 0.05) is 48.0 Å². The number of aliphatic hydroxyl groups is 1. The van der Waals surface area contributed by atoms with Gasteiger partial charge in [0.05, 0.1) is 22.2 Å². The summed E-state index contributed by atoms with van der Waals surface area (Å²) in [7, 11) is 22.7. The number of benzene rings is 1. The number of carbonyl (C=O) groups excluding carboxylic acids is 2. The van der Waals surface area contributed by atoms with E-state index in [0.29, 0.717) is 6.29 Å². The zero-order valence-corrected chi connectivity index (χ0v) is 19.1. The van der Waals surface area contributed by atoms with Crippen molar-refractivity contribution in [1.82, 2.24) is 19.5 Å². The summed E-state index contributed by atoms with van der Waals surface area (Å²) in [6.45, 7) is 4.11. The Bertz CT molecular complexity index is 978. The minimum Gasteiger partial charge on any atom is -0.465 e. The number of rotatable bonds is 7. The summed E-state index contributed by atoms with van der Waals surface area (Å²) in [6.07, 6.45) is 3.19. The average Bonchev–Trinajstić information content (AvgIpc) is 2.73. The van der Waals surface area contributed by atoms with Crippen LogP contribution in [0.2, 0.25) is 0 Å². The second kappa shape index (κ2) is 12.9. The molecular formula is C20H22B4N4O4S. The maximum atomic E-state index is 10.5. The molecule has 13 heteroatoms. The van der Waals surface area contributed by atoms with E-state index in [-0.39, 0.29) is 17.8 Å². The Balaban J connectivity index is 0.000000328. The van der Waals surface area contributed by atoms with Gasteiger partial charge >= 0.3 is 0 Å². The first-order valence-corrected chi connectivity index (χ1v) is 10.8. The van der Waals surface area contributed by atoms with E-state index < -0.39 is 11.5 Å². The van der Waals surface area contributed by atoms with Gasteiger partial charge in [-0.1, -0.05) is 6.07 Å². The van der Waals surface area contributed by atoms with Gasteiger partial charge in [0.25, 0.3) is 0 Å². The van der Waals surface area contributed by atoms with Crippen molar-refractivity contribution in [1.29, 1.82) is 0 Å². The van der Waals surface area contributed by atoms with Crippen LogP contribution in [0.15, 0.2) is 46.8 Å². The highest BCUT2D eigenvalue weighted by molar-refractivity contribution is 7.97. The number of hydrogen-bond acceptors (Lipinski definition) is 8. The average molecular weight is 458 g/mol. The summed E-state index contributed by atoms with van der Waals surface area (Å²) in [5.74, 6) is -0.247. The largest absolute Gasteiger partial charge is 0.465 e. The molecule has 0 aliphatic carbocycles. The molecule has 2 N–H and O–H groups in total. The molecule has 1 saturated heterocycles. The fraction of sp³-hybridized carbons (Fsp3) is 0.350. The summed E-state index contributed by atoms with van der Waals surface area (Å²) >= 11 is 1.72. The molecule has 0 unspecified atom stereocenters. The van der Waals surface area contributed by atoms with Gasteiger partial charge in [0.2, 0.25) is 11.8 Å². The summed E-state index contributed by atoms with van der Waals surface area (Å²) in [6, 6.07) is 7.79. The second-order valence-corrected chi connectivity index (χ2v) is 8.34. The number of hydrogen-bond donors (Lipinski definition) is 2. The Morgan fingerprint density at radius 3 is 2.55 bits per heavy atom. The minimum atomic E-state index is -2.25. The highest BCUT2D eigenvalue weighted by Crippen LogP contribution is 2.34. The molecule has 0 atom stereocenters. The van der Waals surface area contributed by atoms with E-state index in [1.165, 1.54) is 0 Å². The third kappa shape index (κ3) is 9.67. The molecule has 2 heterocycles. The fourth-order valence-corrected chi connectivity index (χ4v) is 3.87. The van der Waals surface area contributed by atoms with Gasteiger partial charge in [-0.2, -0.15) is 5.37 Å². The molecule has 1 aliphatic rings. The van der Waals surface area contributed by atoms with Crippen LogP contribution in [0.1, 0.15) is 0 Å². The Kier molecular flexibility index (Phi) is 10.6. The van der Waals surface area contributed by atoms with Crippen molar-refractivity contribution in [2.75, 3.05) is 39.8 Å². The summed E-state index contributed by atoms with van der Waals surface area (Å²) < 4.78 is 7.49. The third-order valence-corrected chi connectivity index (χ3v) is 5.51. The summed E-state index contributed by atoms with van der Waals surface area (Å²) in [5.41, 5.74) is -2.25. The van der Waals surface area contributed by atoms with E-state index in [4.69, 9.17) is 36.1 Å². The number of likely N-dealkylation sites (N-methyl/N-ethyl adjacent to an activating group) is 1. The molecule has 1 aromatic heterocycles. The molecule has 3 rings (SSSR count). The lowest BCUT2D eigenvalue weighted by Crippen LogP contribution is -2.40. The van der Waals surface area contributed by atoms with Crippen LogP contribution in [-0.2, 0) is 9.59 Å². The first-order valence-electron chi connectivity index (χ1n) is 10.0. The third-order valence-electron chi connectivity index (χ3n) is 4.34. The first-order chi connectivity index (χ1) is 15.6. The van der Waals surface area contributed by atoms with Crippen molar-refractivity contribution in [3.05, 3.63) is 41.9 Å². The van der Waals surface area contributed by atoms with Crippen molar-refractivity contribution >= 4 is 66.3 Å². The number of piperazine rings is 1. The Morgan fingerprint density at radius 1 is 1.24 bits per heavy atom. The first kappa shape index (κ1) is 27.0. The monoisotopic (exact) mass is 458 g/mol. The molecule has 1 aromatic carbocycles. The van der Waals surface area contributed by atoms with Gasteiger partial charge in [-0.15, -0.1) is 0 Å². The Hall–Kier alpha value is -2.20. The number of nitrogens with one attached hydrogen (secondary N) is 1. The van der Waals surface area contributed by atoms with Crippen LogP contribution in [0.4, 0.5) is 0 Å². The van der Waals surface area contributed by atoms with Crippen LogP contribution in [0, 0.1) is 0 Å². The molecular weight excluding hydrogens is 436 g/mol. The zero-order valence-electron chi connectivity index (χ0n) is 18.3. The number of nitrogens with zero attached hydrogens (tertiary/aromatic N) is 3. The van der Waals surface area contributed by atoms with Gasteiger partial charge in [0.15, 0.2) is 15.7 Å². The van der Waals surface area contributed by atoms with E-state index in [9.17, 15) is 14.7 Å². The van der Waals surface area contributed by atoms with Crippen LogP contribution in [0.25, 0.3) is 10.8 Å². The number of aromatic nitrogens is 1. The topological polar surface area (TPSA) is 95.0 Å². The molecule has 164 valence electrons. The normalized spacial score (nSPS) is 14.6.